The fourth-order valence-electron chi connectivity index (χ4n) is 2.08. The number of carbonyl (C=O) groups excluding carboxylic acids is 1. The maximum atomic E-state index is 12.0. The number of halogens is 1. The Morgan fingerprint density at radius 2 is 1.74 bits per heavy atom. The van der Waals surface area contributed by atoms with Gasteiger partial charge in [0.15, 0.2) is 0 Å². The predicted molar refractivity (Wildman–Crippen MR) is 95.9 cm³/mol. The van der Waals surface area contributed by atoms with E-state index in [-0.39, 0.29) is 18.4 Å². The summed E-state index contributed by atoms with van der Waals surface area (Å²) in [6.07, 6.45) is 0. The van der Waals surface area contributed by atoms with E-state index in [1.807, 2.05) is 62.4 Å². The van der Waals surface area contributed by atoms with Gasteiger partial charge in [-0.05, 0) is 23.6 Å². The lowest BCUT2D eigenvalue weighted by molar-refractivity contribution is -0.119. The van der Waals surface area contributed by atoms with Crippen molar-refractivity contribution in [3.8, 4) is 0 Å². The smallest absolute Gasteiger partial charge is 0.259 e. The Bertz CT molecular complexity index is 684. The minimum atomic E-state index is -0.223. The Balaban J connectivity index is 1.97. The molecule has 0 aromatic heterocycles. The fourth-order valence-corrected chi connectivity index (χ4v) is 2.28. The first-order chi connectivity index (χ1) is 11.1. The zero-order valence-electron chi connectivity index (χ0n) is 13.2. The topological polar surface area (TPSA) is 53.5 Å². The van der Waals surface area contributed by atoms with Crippen molar-refractivity contribution >= 4 is 28.9 Å². The van der Waals surface area contributed by atoms with Crippen LogP contribution in [0.1, 0.15) is 19.4 Å². The van der Waals surface area contributed by atoms with Gasteiger partial charge in [-0.25, -0.2) is 5.43 Å². The minimum Gasteiger partial charge on any atom is -0.375 e. The second-order valence-electron chi connectivity index (χ2n) is 5.39. The molecule has 0 spiro atoms. The molecule has 4 nitrogen and oxygen atoms in total. The van der Waals surface area contributed by atoms with Crippen LogP contribution < -0.4 is 10.7 Å². The third-order valence-corrected chi connectivity index (χ3v) is 3.56. The van der Waals surface area contributed by atoms with E-state index < -0.39 is 0 Å². The predicted octanol–water partition coefficient (Wildman–Crippen LogP) is 3.93. The van der Waals surface area contributed by atoms with Crippen molar-refractivity contribution in [3.63, 3.8) is 0 Å². The first-order valence-electron chi connectivity index (χ1n) is 7.48. The summed E-state index contributed by atoms with van der Waals surface area (Å²) in [6.45, 7) is 4.19. The molecule has 0 bridgehead atoms. The van der Waals surface area contributed by atoms with E-state index in [0.29, 0.717) is 5.02 Å². The van der Waals surface area contributed by atoms with Crippen LogP contribution >= 0.6 is 11.6 Å². The van der Waals surface area contributed by atoms with Gasteiger partial charge in [0.05, 0.1) is 23.0 Å². The average Bonchev–Trinajstić information content (AvgIpc) is 2.55. The van der Waals surface area contributed by atoms with E-state index in [4.69, 9.17) is 11.6 Å². The maximum absolute atomic E-state index is 12.0. The van der Waals surface area contributed by atoms with Gasteiger partial charge in [-0.2, -0.15) is 5.10 Å². The molecule has 1 amide bonds. The summed E-state index contributed by atoms with van der Waals surface area (Å²) >= 11 is 6.04. The third-order valence-electron chi connectivity index (χ3n) is 3.23. The molecule has 120 valence electrons. The van der Waals surface area contributed by atoms with Crippen molar-refractivity contribution in [2.45, 2.75) is 13.8 Å². The molecule has 0 aliphatic rings. The van der Waals surface area contributed by atoms with Crippen LogP contribution in [0.2, 0.25) is 5.02 Å². The highest BCUT2D eigenvalue weighted by molar-refractivity contribution is 6.33. The normalized spacial score (nSPS) is 11.4. The first kappa shape index (κ1) is 17.0. The summed E-state index contributed by atoms with van der Waals surface area (Å²) in [5, 5.41) is 7.84. The summed E-state index contributed by atoms with van der Waals surface area (Å²) in [5.74, 6) is -0.0202. The molecule has 2 aromatic carbocycles. The Kier molecular flexibility index (Phi) is 6.18. The number of amides is 1. The average molecular weight is 330 g/mol. The molecule has 0 radical (unpaired) electrons. The van der Waals surface area contributed by atoms with Crippen LogP contribution in [0.4, 0.5) is 5.69 Å². The van der Waals surface area contributed by atoms with Gasteiger partial charge in [0.2, 0.25) is 0 Å². The highest BCUT2D eigenvalue weighted by Crippen LogP contribution is 2.19. The Morgan fingerprint density at radius 3 is 2.39 bits per heavy atom. The van der Waals surface area contributed by atoms with Gasteiger partial charge in [-0.3, -0.25) is 4.79 Å². The Hall–Kier alpha value is -2.33. The largest absolute Gasteiger partial charge is 0.375 e. The summed E-state index contributed by atoms with van der Waals surface area (Å²) < 4.78 is 0. The summed E-state index contributed by atoms with van der Waals surface area (Å²) in [5.41, 5.74) is 5.16. The molecule has 0 unspecified atom stereocenters. The standard InChI is InChI=1S/C18H20ClN3O/c1-13(2)18(14-8-4-3-5-9-14)22-21-17(23)12-20-16-11-7-6-10-15(16)19/h3-11,13,20H,12H2,1-2H3,(H,21,23)/b22-18-. The molecule has 0 saturated carbocycles. The third kappa shape index (κ3) is 5.11. The molecule has 0 fully saturated rings. The summed E-state index contributed by atoms with van der Waals surface area (Å²) in [7, 11) is 0. The second kappa shape index (κ2) is 8.34. The van der Waals surface area contributed by atoms with Gasteiger partial charge in [0.1, 0.15) is 0 Å². The second-order valence-corrected chi connectivity index (χ2v) is 5.79. The van der Waals surface area contributed by atoms with E-state index in [0.717, 1.165) is 17.0 Å². The molecule has 5 heteroatoms. The van der Waals surface area contributed by atoms with E-state index in [1.165, 1.54) is 0 Å². The molecule has 0 aliphatic heterocycles. The van der Waals surface area contributed by atoms with Gasteiger partial charge in [-0.15, -0.1) is 0 Å². The van der Waals surface area contributed by atoms with Gasteiger partial charge < -0.3 is 5.32 Å². The van der Waals surface area contributed by atoms with Crippen molar-refractivity contribution in [2.75, 3.05) is 11.9 Å². The van der Waals surface area contributed by atoms with Crippen molar-refractivity contribution in [2.24, 2.45) is 11.0 Å². The SMILES string of the molecule is CC(C)/C(=N/NC(=O)CNc1ccccc1Cl)c1ccccc1. The number of benzene rings is 2. The number of anilines is 1. The molecular weight excluding hydrogens is 310 g/mol. The van der Waals surface area contributed by atoms with E-state index >= 15 is 0 Å². The molecule has 2 rings (SSSR count). The summed E-state index contributed by atoms with van der Waals surface area (Å²) in [4.78, 5) is 12.0. The Labute approximate surface area is 141 Å². The Morgan fingerprint density at radius 1 is 1.09 bits per heavy atom. The molecule has 0 heterocycles. The van der Waals surface area contributed by atoms with Gasteiger partial charge in [0.25, 0.3) is 5.91 Å². The van der Waals surface area contributed by atoms with Crippen LogP contribution in [0.3, 0.4) is 0 Å². The van der Waals surface area contributed by atoms with E-state index in [1.54, 1.807) is 6.07 Å². The molecule has 23 heavy (non-hydrogen) atoms. The number of nitrogens with zero attached hydrogens (tertiary/aromatic N) is 1. The lowest BCUT2D eigenvalue weighted by Crippen LogP contribution is -2.28. The number of hydrogen-bond donors (Lipinski definition) is 2. The van der Waals surface area contributed by atoms with Gasteiger partial charge in [-0.1, -0.05) is 67.9 Å². The summed E-state index contributed by atoms with van der Waals surface area (Å²) in [6, 6.07) is 17.1. The van der Waals surface area contributed by atoms with Crippen molar-refractivity contribution < 1.29 is 4.79 Å². The number of nitrogens with one attached hydrogen (secondary N) is 2. The van der Waals surface area contributed by atoms with Crippen LogP contribution in [0, 0.1) is 5.92 Å². The fraction of sp³-hybridized carbons (Fsp3) is 0.222. The molecular formula is C18H20ClN3O. The van der Waals surface area contributed by atoms with Crippen LogP contribution in [-0.4, -0.2) is 18.2 Å². The van der Waals surface area contributed by atoms with Crippen LogP contribution in [0.15, 0.2) is 59.7 Å². The number of hydrogen-bond acceptors (Lipinski definition) is 3. The maximum Gasteiger partial charge on any atom is 0.259 e. The van der Waals surface area contributed by atoms with Gasteiger partial charge >= 0.3 is 0 Å². The van der Waals surface area contributed by atoms with E-state index in [2.05, 4.69) is 15.8 Å². The zero-order chi connectivity index (χ0) is 16.7. The van der Waals surface area contributed by atoms with Crippen LogP contribution in [-0.2, 0) is 4.79 Å². The van der Waals surface area contributed by atoms with Crippen LogP contribution in [0.5, 0.6) is 0 Å². The number of rotatable bonds is 6. The van der Waals surface area contributed by atoms with E-state index in [9.17, 15) is 4.79 Å². The zero-order valence-corrected chi connectivity index (χ0v) is 14.0. The molecule has 0 atom stereocenters. The van der Waals surface area contributed by atoms with Crippen molar-refractivity contribution in [1.29, 1.82) is 0 Å². The highest BCUT2D eigenvalue weighted by Gasteiger charge is 2.09. The lowest BCUT2D eigenvalue weighted by atomic mass is 10.0. The van der Waals surface area contributed by atoms with Gasteiger partial charge in [0, 0.05) is 0 Å². The molecule has 2 N–H and O–H groups in total. The monoisotopic (exact) mass is 329 g/mol. The highest BCUT2D eigenvalue weighted by atomic mass is 35.5. The van der Waals surface area contributed by atoms with Crippen LogP contribution in [0.25, 0.3) is 0 Å². The molecule has 0 saturated heterocycles. The van der Waals surface area contributed by atoms with Crippen molar-refractivity contribution in [1.82, 2.24) is 5.43 Å². The minimum absolute atomic E-state index is 0.105. The quantitative estimate of drug-likeness (QED) is 0.623. The van der Waals surface area contributed by atoms with Crippen molar-refractivity contribution in [3.05, 3.63) is 65.2 Å². The molecule has 2 aromatic rings. The lowest BCUT2D eigenvalue weighted by Gasteiger charge is -2.11. The number of carbonyl (C=O) groups is 1. The number of para-hydroxylation sites is 1. The number of hydrazone groups is 1. The molecule has 0 aliphatic carbocycles. The first-order valence-corrected chi connectivity index (χ1v) is 7.86.